The van der Waals surface area contributed by atoms with Crippen LogP contribution in [-0.4, -0.2) is 32.2 Å². The summed E-state index contributed by atoms with van der Waals surface area (Å²) in [6.45, 7) is 2.38. The number of fused-ring (bicyclic) bond motifs is 1. The molecule has 0 aliphatic carbocycles. The Labute approximate surface area is 160 Å². The fourth-order valence-electron chi connectivity index (χ4n) is 2.86. The quantitative estimate of drug-likeness (QED) is 0.568. The van der Waals surface area contributed by atoms with Crippen LogP contribution < -0.4 is 10.6 Å². The van der Waals surface area contributed by atoms with Gasteiger partial charge in [0.05, 0.1) is 18.1 Å². The molecule has 3 aromatic heterocycles. The van der Waals surface area contributed by atoms with E-state index in [1.54, 1.807) is 41.4 Å². The molecule has 7 nitrogen and oxygen atoms in total. The summed E-state index contributed by atoms with van der Waals surface area (Å²) in [5.41, 5.74) is 4.48. The summed E-state index contributed by atoms with van der Waals surface area (Å²) >= 11 is 0. The maximum absolute atomic E-state index is 13.1. The molecule has 0 saturated carbocycles. The Hall–Kier alpha value is -3.81. The monoisotopic (exact) mass is 376 g/mol. The Morgan fingerprint density at radius 3 is 2.68 bits per heavy atom. The van der Waals surface area contributed by atoms with Gasteiger partial charge in [0.15, 0.2) is 5.65 Å². The van der Waals surface area contributed by atoms with Gasteiger partial charge in [0, 0.05) is 41.8 Å². The number of aromatic nitrogens is 4. The number of pyridine rings is 1. The van der Waals surface area contributed by atoms with Gasteiger partial charge in [0.25, 0.3) is 0 Å². The van der Waals surface area contributed by atoms with Crippen LogP contribution in [0.5, 0.6) is 0 Å². The fraction of sp³-hybridized carbons (Fsp3) is 0.100. The molecule has 2 amide bonds. The Balaban J connectivity index is 1.66. The van der Waals surface area contributed by atoms with Gasteiger partial charge in [-0.2, -0.15) is 5.10 Å². The van der Waals surface area contributed by atoms with E-state index in [0.717, 1.165) is 22.3 Å². The smallest absolute Gasteiger partial charge is 0.319 e. The number of urea groups is 1. The molecule has 0 saturated heterocycles. The first-order chi connectivity index (χ1) is 13.6. The normalized spacial score (nSPS) is 10.8. The van der Waals surface area contributed by atoms with Crippen molar-refractivity contribution in [3.63, 3.8) is 0 Å². The maximum Gasteiger partial charge on any atom is 0.319 e. The summed E-state index contributed by atoms with van der Waals surface area (Å²) < 4.78 is 14.8. The molecule has 0 bridgehead atoms. The molecular weight excluding hydrogens is 359 g/mol. The fourth-order valence-corrected chi connectivity index (χ4v) is 2.86. The van der Waals surface area contributed by atoms with Gasteiger partial charge in [-0.05, 0) is 30.7 Å². The van der Waals surface area contributed by atoms with Crippen LogP contribution >= 0.6 is 0 Å². The lowest BCUT2D eigenvalue weighted by atomic mass is 10.1. The number of carbonyl (C=O) groups excluding carboxylic acids is 1. The first kappa shape index (κ1) is 17.6. The summed E-state index contributed by atoms with van der Waals surface area (Å²) in [5, 5.41) is 9.78. The highest BCUT2D eigenvalue weighted by atomic mass is 19.1. The highest BCUT2D eigenvalue weighted by molar-refractivity contribution is 5.90. The second-order valence-electron chi connectivity index (χ2n) is 6.12. The van der Waals surface area contributed by atoms with Gasteiger partial charge in [-0.25, -0.2) is 18.7 Å². The number of rotatable bonds is 4. The van der Waals surface area contributed by atoms with Crippen LogP contribution in [0.4, 0.5) is 14.9 Å². The van der Waals surface area contributed by atoms with Gasteiger partial charge in [0.1, 0.15) is 5.82 Å². The van der Waals surface area contributed by atoms with Gasteiger partial charge in [-0.3, -0.25) is 4.98 Å². The number of anilines is 1. The van der Waals surface area contributed by atoms with Crippen LogP contribution in [0.3, 0.4) is 0 Å². The lowest BCUT2D eigenvalue weighted by molar-refractivity contribution is 0.252. The average molecular weight is 376 g/mol. The molecular formula is C20H17FN6O. The molecule has 3 heterocycles. The second-order valence-corrected chi connectivity index (χ2v) is 6.12. The molecule has 1 aromatic carbocycles. The number of hydrogen-bond donors (Lipinski definition) is 2. The molecule has 8 heteroatoms. The van der Waals surface area contributed by atoms with E-state index in [4.69, 9.17) is 0 Å². The van der Waals surface area contributed by atoms with Crippen molar-refractivity contribution in [2.24, 2.45) is 0 Å². The zero-order valence-electron chi connectivity index (χ0n) is 15.1. The molecule has 0 atom stereocenters. The van der Waals surface area contributed by atoms with Crippen molar-refractivity contribution in [2.75, 3.05) is 11.9 Å². The lowest BCUT2D eigenvalue weighted by Crippen LogP contribution is -2.28. The lowest BCUT2D eigenvalue weighted by Gasteiger charge is -2.07. The van der Waals surface area contributed by atoms with E-state index < -0.39 is 0 Å². The minimum Gasteiger partial charge on any atom is -0.338 e. The zero-order valence-corrected chi connectivity index (χ0v) is 15.1. The van der Waals surface area contributed by atoms with Crippen LogP contribution in [0.15, 0.2) is 61.3 Å². The zero-order chi connectivity index (χ0) is 19.5. The molecule has 0 spiro atoms. The van der Waals surface area contributed by atoms with Gasteiger partial charge >= 0.3 is 6.03 Å². The summed E-state index contributed by atoms with van der Waals surface area (Å²) in [4.78, 5) is 20.4. The highest BCUT2D eigenvalue weighted by Crippen LogP contribution is 2.26. The van der Waals surface area contributed by atoms with Gasteiger partial charge in [-0.1, -0.05) is 12.1 Å². The molecule has 0 radical (unpaired) electrons. The van der Waals surface area contributed by atoms with Crippen LogP contribution in [0, 0.1) is 5.82 Å². The predicted molar refractivity (Wildman–Crippen MR) is 104 cm³/mol. The first-order valence-electron chi connectivity index (χ1n) is 8.73. The third kappa shape index (κ3) is 3.52. The van der Waals surface area contributed by atoms with E-state index in [-0.39, 0.29) is 11.8 Å². The largest absolute Gasteiger partial charge is 0.338 e. The minimum absolute atomic E-state index is 0.284. The number of carbonyl (C=O) groups is 1. The van der Waals surface area contributed by atoms with Crippen molar-refractivity contribution in [1.82, 2.24) is 24.9 Å². The number of amides is 2. The van der Waals surface area contributed by atoms with E-state index in [1.165, 1.54) is 12.1 Å². The summed E-state index contributed by atoms with van der Waals surface area (Å²) in [6, 6.07) is 7.74. The molecule has 28 heavy (non-hydrogen) atoms. The molecule has 0 aliphatic rings. The topological polar surface area (TPSA) is 84.2 Å². The Bertz CT molecular complexity index is 1140. The third-order valence-electron chi connectivity index (χ3n) is 4.18. The van der Waals surface area contributed by atoms with Gasteiger partial charge in [0.2, 0.25) is 0 Å². The number of nitrogens with one attached hydrogen (secondary N) is 2. The SMILES string of the molecule is CCNC(=O)Nc1cncc(-c2cnn3cc(-c4ccc(F)cc4)cnc23)c1. The number of benzene rings is 1. The van der Waals surface area contributed by atoms with Crippen LogP contribution in [0.25, 0.3) is 27.9 Å². The molecule has 4 aromatic rings. The summed E-state index contributed by atoms with van der Waals surface area (Å²) in [5.74, 6) is -0.284. The molecule has 140 valence electrons. The second kappa shape index (κ2) is 7.43. The van der Waals surface area contributed by atoms with Crippen molar-refractivity contribution in [3.8, 4) is 22.3 Å². The van der Waals surface area contributed by atoms with Crippen LogP contribution in [0.2, 0.25) is 0 Å². The van der Waals surface area contributed by atoms with E-state index in [0.29, 0.717) is 17.9 Å². The Morgan fingerprint density at radius 2 is 1.89 bits per heavy atom. The van der Waals surface area contributed by atoms with E-state index in [2.05, 4.69) is 25.7 Å². The van der Waals surface area contributed by atoms with Gasteiger partial charge in [-0.15, -0.1) is 0 Å². The molecule has 2 N–H and O–H groups in total. The van der Waals surface area contributed by atoms with E-state index in [1.807, 2.05) is 19.2 Å². The number of halogens is 1. The summed E-state index contributed by atoms with van der Waals surface area (Å²) in [7, 11) is 0. The number of hydrogen-bond acceptors (Lipinski definition) is 4. The van der Waals surface area contributed by atoms with Crippen molar-refractivity contribution in [2.45, 2.75) is 6.92 Å². The number of nitrogens with zero attached hydrogens (tertiary/aromatic N) is 4. The maximum atomic E-state index is 13.1. The van der Waals surface area contributed by atoms with E-state index >= 15 is 0 Å². The van der Waals surface area contributed by atoms with Crippen LogP contribution in [0.1, 0.15) is 6.92 Å². The average Bonchev–Trinajstić information content (AvgIpc) is 3.12. The highest BCUT2D eigenvalue weighted by Gasteiger charge is 2.11. The van der Waals surface area contributed by atoms with Crippen molar-refractivity contribution in [1.29, 1.82) is 0 Å². The minimum atomic E-state index is -0.289. The molecule has 4 rings (SSSR count). The van der Waals surface area contributed by atoms with E-state index in [9.17, 15) is 9.18 Å². The van der Waals surface area contributed by atoms with Crippen molar-refractivity contribution < 1.29 is 9.18 Å². The molecule has 0 unspecified atom stereocenters. The Morgan fingerprint density at radius 1 is 1.07 bits per heavy atom. The van der Waals surface area contributed by atoms with Crippen molar-refractivity contribution in [3.05, 3.63) is 67.1 Å². The molecule has 0 fully saturated rings. The standard InChI is InChI=1S/C20H17FN6O/c1-2-23-20(28)26-17-7-14(8-22-10-17)18-11-25-27-12-15(9-24-19(18)27)13-3-5-16(21)6-4-13/h3-12H,2H2,1H3,(H2,23,26,28). The van der Waals surface area contributed by atoms with Gasteiger partial charge < -0.3 is 10.6 Å². The summed E-state index contributed by atoms with van der Waals surface area (Å²) in [6.07, 6.45) is 8.52. The van der Waals surface area contributed by atoms with Crippen LogP contribution in [-0.2, 0) is 0 Å². The Kier molecular flexibility index (Phi) is 4.67. The third-order valence-corrected chi connectivity index (χ3v) is 4.18. The molecule has 0 aliphatic heterocycles. The van der Waals surface area contributed by atoms with Crippen molar-refractivity contribution >= 4 is 17.4 Å². The first-order valence-corrected chi connectivity index (χ1v) is 8.73. The predicted octanol–water partition coefficient (Wildman–Crippen LogP) is 3.74.